The molecule has 3 heteroatoms. The lowest BCUT2D eigenvalue weighted by Gasteiger charge is -2.28. The molecule has 0 aliphatic carbocycles. The number of hydrogen-bond donors (Lipinski definition) is 0. The number of hydrogen-bond acceptors (Lipinski definition) is 3. The topological polar surface area (TPSA) is 29.5 Å². The summed E-state index contributed by atoms with van der Waals surface area (Å²) >= 11 is 0. The number of esters is 1. The normalized spacial score (nSPS) is 10.6. The van der Waals surface area contributed by atoms with Crippen LogP contribution in [0.2, 0.25) is 0 Å². The fourth-order valence-electron chi connectivity index (χ4n) is 2.00. The van der Waals surface area contributed by atoms with E-state index >= 15 is 0 Å². The Hall–Kier alpha value is -1.79. The van der Waals surface area contributed by atoms with Crippen molar-refractivity contribution in [1.82, 2.24) is 4.90 Å². The fourth-order valence-corrected chi connectivity index (χ4v) is 2.00. The van der Waals surface area contributed by atoms with Crippen LogP contribution in [0.15, 0.2) is 24.3 Å². The highest BCUT2D eigenvalue weighted by Crippen LogP contribution is 2.06. The summed E-state index contributed by atoms with van der Waals surface area (Å²) in [5.41, 5.74) is 1.45. The summed E-state index contributed by atoms with van der Waals surface area (Å²) in [6.45, 7) is 9.44. The van der Waals surface area contributed by atoms with E-state index in [-0.39, 0.29) is 5.97 Å². The summed E-state index contributed by atoms with van der Waals surface area (Å²) in [6.07, 6.45) is 0. The van der Waals surface area contributed by atoms with E-state index < -0.39 is 0 Å². The van der Waals surface area contributed by atoms with Crippen molar-refractivity contribution in [3.05, 3.63) is 35.4 Å². The van der Waals surface area contributed by atoms with Crippen LogP contribution < -0.4 is 0 Å². The molecule has 1 aromatic rings. The first-order valence-corrected chi connectivity index (χ1v) is 6.88. The number of nitrogens with zero attached hydrogens (tertiary/aromatic N) is 1. The Morgan fingerprint density at radius 2 is 1.70 bits per heavy atom. The summed E-state index contributed by atoms with van der Waals surface area (Å²) in [5.74, 6) is 5.99. The largest absolute Gasteiger partial charge is 0.465 e. The highest BCUT2D eigenvalue weighted by atomic mass is 16.5. The van der Waals surface area contributed by atoms with Gasteiger partial charge in [0.25, 0.3) is 0 Å². The quantitative estimate of drug-likeness (QED) is 0.624. The Labute approximate surface area is 121 Å². The van der Waals surface area contributed by atoms with Crippen LogP contribution in [0, 0.1) is 11.8 Å². The summed E-state index contributed by atoms with van der Waals surface area (Å²) in [6, 6.07) is 8.11. The second-order valence-corrected chi connectivity index (χ2v) is 5.23. The molecule has 0 bridgehead atoms. The maximum atomic E-state index is 11.3. The lowest BCUT2D eigenvalue weighted by atomic mass is 10.1. The maximum absolute atomic E-state index is 11.3. The van der Waals surface area contributed by atoms with E-state index in [1.807, 2.05) is 12.1 Å². The van der Waals surface area contributed by atoms with Gasteiger partial charge in [-0.1, -0.05) is 11.8 Å². The van der Waals surface area contributed by atoms with Crippen molar-refractivity contribution >= 4 is 5.97 Å². The first-order chi connectivity index (χ1) is 9.45. The van der Waals surface area contributed by atoms with Crippen molar-refractivity contribution in [3.8, 4) is 11.8 Å². The molecule has 0 amide bonds. The molecule has 1 rings (SSSR count). The van der Waals surface area contributed by atoms with Gasteiger partial charge >= 0.3 is 5.97 Å². The molecule has 0 aliphatic heterocycles. The van der Waals surface area contributed by atoms with Gasteiger partial charge in [0.1, 0.15) is 0 Å². The lowest BCUT2D eigenvalue weighted by Crippen LogP contribution is -2.37. The molecule has 0 fully saturated rings. The number of rotatable bonds is 4. The van der Waals surface area contributed by atoms with E-state index in [0.717, 1.165) is 12.1 Å². The molecule has 0 saturated heterocycles. The molecule has 20 heavy (non-hydrogen) atoms. The van der Waals surface area contributed by atoms with Gasteiger partial charge in [-0.2, -0.15) is 0 Å². The lowest BCUT2D eigenvalue weighted by molar-refractivity contribution is 0.0600. The van der Waals surface area contributed by atoms with Crippen molar-refractivity contribution in [2.45, 2.75) is 39.8 Å². The van der Waals surface area contributed by atoms with Crippen LogP contribution >= 0.6 is 0 Å². The molecule has 0 aliphatic rings. The summed E-state index contributed by atoms with van der Waals surface area (Å²) in [5, 5.41) is 0. The zero-order valence-corrected chi connectivity index (χ0v) is 12.9. The van der Waals surface area contributed by atoms with Crippen molar-refractivity contribution < 1.29 is 9.53 Å². The number of methoxy groups -OCH3 is 1. The molecule has 0 heterocycles. The van der Waals surface area contributed by atoms with Gasteiger partial charge in [0, 0.05) is 17.6 Å². The Balaban J connectivity index is 2.70. The molecule has 108 valence electrons. The molecule has 0 N–H and O–H groups in total. The third-order valence-corrected chi connectivity index (χ3v) is 3.13. The molecular formula is C17H23NO2. The number of carbonyl (C=O) groups excluding carboxylic acids is 1. The monoisotopic (exact) mass is 273 g/mol. The van der Waals surface area contributed by atoms with Gasteiger partial charge in [-0.25, -0.2) is 4.79 Å². The Morgan fingerprint density at radius 1 is 1.15 bits per heavy atom. The third kappa shape index (κ3) is 4.71. The first-order valence-electron chi connectivity index (χ1n) is 6.88. The minimum Gasteiger partial charge on any atom is -0.465 e. The predicted molar refractivity (Wildman–Crippen MR) is 81.6 cm³/mol. The zero-order chi connectivity index (χ0) is 15.1. The van der Waals surface area contributed by atoms with Crippen LogP contribution in [0.5, 0.6) is 0 Å². The van der Waals surface area contributed by atoms with E-state index in [0.29, 0.717) is 17.6 Å². The molecule has 0 unspecified atom stereocenters. The Bertz CT molecular complexity index is 484. The number of ether oxygens (including phenoxy) is 1. The number of benzene rings is 1. The maximum Gasteiger partial charge on any atom is 0.337 e. The van der Waals surface area contributed by atoms with E-state index in [9.17, 15) is 4.79 Å². The minimum absolute atomic E-state index is 0.324. The van der Waals surface area contributed by atoms with Gasteiger partial charge in [-0.3, -0.25) is 4.90 Å². The minimum atomic E-state index is -0.324. The van der Waals surface area contributed by atoms with E-state index in [1.165, 1.54) is 7.11 Å². The third-order valence-electron chi connectivity index (χ3n) is 3.13. The summed E-state index contributed by atoms with van der Waals surface area (Å²) in [4.78, 5) is 13.6. The molecule has 1 aromatic carbocycles. The van der Waals surface area contributed by atoms with Gasteiger partial charge in [0.05, 0.1) is 19.2 Å². The molecule has 0 aromatic heterocycles. The average Bonchev–Trinajstić information content (AvgIpc) is 2.42. The summed E-state index contributed by atoms with van der Waals surface area (Å²) in [7, 11) is 1.38. The molecule has 0 radical (unpaired) electrons. The zero-order valence-electron chi connectivity index (χ0n) is 12.9. The van der Waals surface area contributed by atoms with E-state index in [4.69, 9.17) is 0 Å². The van der Waals surface area contributed by atoms with Gasteiger partial charge in [0.15, 0.2) is 0 Å². The van der Waals surface area contributed by atoms with Crippen LogP contribution in [0.1, 0.15) is 43.6 Å². The first kappa shape index (κ1) is 16.3. The molecule has 0 atom stereocenters. The molecule has 0 saturated carbocycles. The Morgan fingerprint density at radius 3 is 2.15 bits per heavy atom. The van der Waals surface area contributed by atoms with Crippen LogP contribution in [0.4, 0.5) is 0 Å². The van der Waals surface area contributed by atoms with Crippen molar-refractivity contribution in [2.75, 3.05) is 13.7 Å². The predicted octanol–water partition coefficient (Wildman–Crippen LogP) is 2.94. The number of carbonyl (C=O) groups is 1. The smallest absolute Gasteiger partial charge is 0.337 e. The van der Waals surface area contributed by atoms with Crippen LogP contribution in [-0.4, -0.2) is 36.6 Å². The highest BCUT2D eigenvalue weighted by Gasteiger charge is 2.10. The standard InChI is InChI=1S/C17H23NO2/c1-13(2)18(14(3)4)12-6-7-15-8-10-16(11-9-15)17(19)20-5/h8-11,13-14H,12H2,1-5H3. The van der Waals surface area contributed by atoms with Crippen molar-refractivity contribution in [3.63, 3.8) is 0 Å². The van der Waals surface area contributed by atoms with Crippen LogP contribution in [-0.2, 0) is 4.74 Å². The van der Waals surface area contributed by atoms with Crippen LogP contribution in [0.3, 0.4) is 0 Å². The van der Waals surface area contributed by atoms with Gasteiger partial charge < -0.3 is 4.74 Å². The van der Waals surface area contributed by atoms with Crippen molar-refractivity contribution in [1.29, 1.82) is 0 Å². The molecule has 0 spiro atoms. The summed E-state index contributed by atoms with van der Waals surface area (Å²) < 4.78 is 4.66. The van der Waals surface area contributed by atoms with Gasteiger partial charge in [-0.15, -0.1) is 0 Å². The average molecular weight is 273 g/mol. The SMILES string of the molecule is COC(=O)c1ccc(C#CCN(C(C)C)C(C)C)cc1. The molecule has 3 nitrogen and oxygen atoms in total. The second-order valence-electron chi connectivity index (χ2n) is 5.23. The van der Waals surface area contributed by atoms with E-state index in [1.54, 1.807) is 12.1 Å². The van der Waals surface area contributed by atoms with Crippen LogP contribution in [0.25, 0.3) is 0 Å². The molecular weight excluding hydrogens is 250 g/mol. The van der Waals surface area contributed by atoms with Gasteiger partial charge in [-0.05, 0) is 52.0 Å². The highest BCUT2D eigenvalue weighted by molar-refractivity contribution is 5.89. The Kier molecular flexibility index (Phi) is 6.27. The van der Waals surface area contributed by atoms with E-state index in [2.05, 4.69) is 49.2 Å². The second kappa shape index (κ2) is 7.72. The fraction of sp³-hybridized carbons (Fsp3) is 0.471. The van der Waals surface area contributed by atoms with Crippen molar-refractivity contribution in [2.24, 2.45) is 0 Å². The van der Waals surface area contributed by atoms with Gasteiger partial charge in [0.2, 0.25) is 0 Å².